The van der Waals surface area contributed by atoms with Gasteiger partial charge in [0, 0.05) is 12.1 Å². The zero-order chi connectivity index (χ0) is 23.0. The van der Waals surface area contributed by atoms with E-state index in [0.29, 0.717) is 16.8 Å². The second kappa shape index (κ2) is 10.8. The van der Waals surface area contributed by atoms with Crippen LogP contribution in [-0.2, 0) is 31.6 Å². The first-order chi connectivity index (χ1) is 15.3. The minimum absolute atomic E-state index is 0.0261. The lowest BCUT2D eigenvalue weighted by Crippen LogP contribution is -2.31. The summed E-state index contributed by atoms with van der Waals surface area (Å²) in [6.07, 6.45) is -1.43. The summed E-state index contributed by atoms with van der Waals surface area (Å²) in [7, 11) is -4.89. The lowest BCUT2D eigenvalue weighted by atomic mass is 10.1. The molecule has 0 aromatic heterocycles. The van der Waals surface area contributed by atoms with Crippen molar-refractivity contribution in [3.05, 3.63) is 102 Å². The molecule has 0 aliphatic heterocycles. The van der Waals surface area contributed by atoms with Gasteiger partial charge in [0.15, 0.2) is 6.10 Å². The number of rotatable bonds is 9. The molecular weight excluding hydrogens is 433 g/mol. The number of ether oxygens (including phenoxy) is 1. The SMILES string of the molecule is O=C(OCc1ccccc1)c1ccc(NC(=O)[C@H](Cc2ccccc2)OP(=O)(O)O)cc1. The number of carbonyl (C=O) groups is 2. The van der Waals surface area contributed by atoms with Crippen LogP contribution in [-0.4, -0.2) is 27.8 Å². The number of benzene rings is 3. The van der Waals surface area contributed by atoms with E-state index in [2.05, 4.69) is 5.32 Å². The predicted molar refractivity (Wildman–Crippen MR) is 118 cm³/mol. The van der Waals surface area contributed by atoms with Crippen LogP contribution >= 0.6 is 7.82 Å². The molecule has 0 bridgehead atoms. The van der Waals surface area contributed by atoms with Gasteiger partial charge in [0.1, 0.15) is 6.61 Å². The number of amides is 1. The fourth-order valence-electron chi connectivity index (χ4n) is 2.89. The maximum Gasteiger partial charge on any atom is 0.470 e. The zero-order valence-corrected chi connectivity index (χ0v) is 17.9. The van der Waals surface area contributed by atoms with Gasteiger partial charge in [-0.1, -0.05) is 60.7 Å². The average Bonchev–Trinajstić information content (AvgIpc) is 2.78. The van der Waals surface area contributed by atoms with Crippen molar-refractivity contribution >= 4 is 25.4 Å². The van der Waals surface area contributed by atoms with Crippen molar-refractivity contribution in [2.75, 3.05) is 5.32 Å². The summed E-state index contributed by atoms with van der Waals surface area (Å²) in [6, 6.07) is 23.9. The van der Waals surface area contributed by atoms with Crippen molar-refractivity contribution in [2.45, 2.75) is 19.1 Å². The smallest absolute Gasteiger partial charge is 0.457 e. The Morgan fingerprint density at radius 2 is 1.41 bits per heavy atom. The van der Waals surface area contributed by atoms with Crippen LogP contribution in [0.4, 0.5) is 5.69 Å². The highest BCUT2D eigenvalue weighted by Crippen LogP contribution is 2.38. The molecule has 0 aliphatic rings. The minimum atomic E-state index is -4.89. The van der Waals surface area contributed by atoms with Crippen LogP contribution in [0.5, 0.6) is 0 Å². The van der Waals surface area contributed by atoms with Gasteiger partial charge < -0.3 is 19.8 Å². The molecule has 1 amide bonds. The molecule has 3 aromatic rings. The Morgan fingerprint density at radius 1 is 0.844 bits per heavy atom. The molecule has 3 aromatic carbocycles. The molecule has 9 heteroatoms. The van der Waals surface area contributed by atoms with E-state index in [1.807, 2.05) is 30.3 Å². The monoisotopic (exact) mass is 455 g/mol. The standard InChI is InChI=1S/C23H22NO7P/c25-22(21(31-32(27,28)29)15-17-7-3-1-4-8-17)24-20-13-11-19(12-14-20)23(26)30-16-18-9-5-2-6-10-18/h1-14,21H,15-16H2,(H,24,25)(H2,27,28,29)/t21-/m0/s1. The number of esters is 1. The van der Waals surface area contributed by atoms with E-state index in [0.717, 1.165) is 5.56 Å². The van der Waals surface area contributed by atoms with E-state index in [4.69, 9.17) is 19.0 Å². The van der Waals surface area contributed by atoms with E-state index in [1.54, 1.807) is 30.3 Å². The van der Waals surface area contributed by atoms with Crippen molar-refractivity contribution in [2.24, 2.45) is 0 Å². The van der Waals surface area contributed by atoms with Gasteiger partial charge in [-0.15, -0.1) is 0 Å². The van der Waals surface area contributed by atoms with Crippen LogP contribution in [0.15, 0.2) is 84.9 Å². The van der Waals surface area contributed by atoms with Crippen LogP contribution in [0, 0.1) is 0 Å². The molecule has 3 rings (SSSR count). The Hall–Kier alpha value is -3.29. The van der Waals surface area contributed by atoms with Gasteiger partial charge in [-0.05, 0) is 35.4 Å². The molecule has 0 unspecified atom stereocenters. The maximum absolute atomic E-state index is 12.6. The number of nitrogens with one attached hydrogen (secondary N) is 1. The van der Waals surface area contributed by atoms with Crippen molar-refractivity contribution in [1.29, 1.82) is 0 Å². The van der Waals surface area contributed by atoms with Gasteiger partial charge in [-0.3, -0.25) is 9.32 Å². The first-order valence-electron chi connectivity index (χ1n) is 9.70. The summed E-state index contributed by atoms with van der Waals surface area (Å²) in [6.45, 7) is 0.138. The van der Waals surface area contributed by atoms with E-state index >= 15 is 0 Å². The lowest BCUT2D eigenvalue weighted by Gasteiger charge is -2.18. The second-order valence-electron chi connectivity index (χ2n) is 6.90. The molecule has 0 saturated carbocycles. The number of hydrogen-bond donors (Lipinski definition) is 3. The summed E-state index contributed by atoms with van der Waals surface area (Å²) in [5, 5.41) is 2.55. The summed E-state index contributed by atoms with van der Waals surface area (Å²) in [4.78, 5) is 43.1. The Morgan fingerprint density at radius 3 is 1.97 bits per heavy atom. The first-order valence-corrected chi connectivity index (χ1v) is 11.2. The Kier molecular flexibility index (Phi) is 7.92. The summed E-state index contributed by atoms with van der Waals surface area (Å²) in [5.74, 6) is -1.24. The third-order valence-corrected chi connectivity index (χ3v) is 4.95. The number of anilines is 1. The quantitative estimate of drug-likeness (QED) is 0.332. The highest BCUT2D eigenvalue weighted by Gasteiger charge is 2.28. The van der Waals surface area contributed by atoms with Gasteiger partial charge in [0.25, 0.3) is 5.91 Å². The third kappa shape index (κ3) is 7.44. The number of phosphoric acid groups is 1. The Labute approximate surface area is 185 Å². The number of carbonyl (C=O) groups excluding carboxylic acids is 2. The number of phosphoric ester groups is 1. The van der Waals surface area contributed by atoms with Gasteiger partial charge in [0.05, 0.1) is 5.56 Å². The van der Waals surface area contributed by atoms with Crippen LogP contribution in [0.2, 0.25) is 0 Å². The summed E-state index contributed by atoms with van der Waals surface area (Å²) >= 11 is 0. The molecule has 3 N–H and O–H groups in total. The first kappa shape index (κ1) is 23.4. The topological polar surface area (TPSA) is 122 Å². The van der Waals surface area contributed by atoms with Crippen molar-refractivity contribution in [1.82, 2.24) is 0 Å². The van der Waals surface area contributed by atoms with Crippen molar-refractivity contribution in [3.63, 3.8) is 0 Å². The highest BCUT2D eigenvalue weighted by molar-refractivity contribution is 7.46. The van der Waals surface area contributed by atoms with Gasteiger partial charge in [-0.25, -0.2) is 9.36 Å². The lowest BCUT2D eigenvalue weighted by molar-refractivity contribution is -0.123. The van der Waals surface area contributed by atoms with Gasteiger partial charge in [-0.2, -0.15) is 0 Å². The van der Waals surface area contributed by atoms with E-state index in [9.17, 15) is 14.2 Å². The molecular formula is C23H22NO7P. The Balaban J connectivity index is 1.62. The van der Waals surface area contributed by atoms with Crippen LogP contribution in [0.3, 0.4) is 0 Å². The second-order valence-corrected chi connectivity index (χ2v) is 8.09. The normalized spacial score (nSPS) is 12.1. The molecule has 166 valence electrons. The number of hydrogen-bond acceptors (Lipinski definition) is 5. The minimum Gasteiger partial charge on any atom is -0.457 e. The average molecular weight is 455 g/mol. The predicted octanol–water partition coefficient (Wildman–Crippen LogP) is 3.70. The molecule has 0 radical (unpaired) electrons. The van der Waals surface area contributed by atoms with Gasteiger partial charge >= 0.3 is 13.8 Å². The Bertz CT molecular complexity index is 1080. The van der Waals surface area contributed by atoms with Crippen LogP contribution < -0.4 is 5.32 Å². The van der Waals surface area contributed by atoms with E-state index in [-0.39, 0.29) is 13.0 Å². The fourth-order valence-corrected chi connectivity index (χ4v) is 3.39. The molecule has 0 spiro atoms. The molecule has 0 saturated heterocycles. The highest BCUT2D eigenvalue weighted by atomic mass is 31.2. The molecule has 1 atom stereocenters. The zero-order valence-electron chi connectivity index (χ0n) is 17.0. The van der Waals surface area contributed by atoms with Crippen molar-refractivity contribution < 1.29 is 33.2 Å². The molecule has 8 nitrogen and oxygen atoms in total. The molecule has 32 heavy (non-hydrogen) atoms. The van der Waals surface area contributed by atoms with Crippen molar-refractivity contribution in [3.8, 4) is 0 Å². The fraction of sp³-hybridized carbons (Fsp3) is 0.130. The molecule has 0 aliphatic carbocycles. The van der Waals surface area contributed by atoms with Gasteiger partial charge in [0.2, 0.25) is 0 Å². The maximum atomic E-state index is 12.6. The molecule has 0 fully saturated rings. The van der Waals surface area contributed by atoms with E-state index < -0.39 is 25.8 Å². The van der Waals surface area contributed by atoms with Crippen LogP contribution in [0.1, 0.15) is 21.5 Å². The molecule has 0 heterocycles. The van der Waals surface area contributed by atoms with E-state index in [1.165, 1.54) is 24.3 Å². The third-order valence-electron chi connectivity index (χ3n) is 4.42. The largest absolute Gasteiger partial charge is 0.470 e. The summed E-state index contributed by atoms with van der Waals surface area (Å²) < 4.78 is 21.3. The summed E-state index contributed by atoms with van der Waals surface area (Å²) in [5.41, 5.74) is 2.17. The van der Waals surface area contributed by atoms with Crippen LogP contribution in [0.25, 0.3) is 0 Å².